The van der Waals surface area contributed by atoms with E-state index in [9.17, 15) is 8.42 Å². The molecule has 2 atom stereocenters. The molecule has 84 valence electrons. The van der Waals surface area contributed by atoms with Crippen molar-refractivity contribution in [1.29, 1.82) is 0 Å². The van der Waals surface area contributed by atoms with Crippen LogP contribution in [0.25, 0.3) is 0 Å². The van der Waals surface area contributed by atoms with Crippen LogP contribution >= 0.6 is 0 Å². The highest BCUT2D eigenvalue weighted by molar-refractivity contribution is 7.89. The molecule has 1 heterocycles. The standard InChI is InChI=1S/C9H20N2O2S/c1-8-3-4-9(2)11(7-8)14(12,13)6-5-10/h8-9H,3-7,10H2,1-2H3. The zero-order chi connectivity index (χ0) is 10.8. The predicted molar refractivity (Wildman–Crippen MR) is 57.4 cm³/mol. The van der Waals surface area contributed by atoms with Gasteiger partial charge in [-0.15, -0.1) is 0 Å². The van der Waals surface area contributed by atoms with Crippen molar-refractivity contribution in [2.75, 3.05) is 18.8 Å². The van der Waals surface area contributed by atoms with E-state index in [1.807, 2.05) is 6.92 Å². The smallest absolute Gasteiger partial charge is 0.215 e. The van der Waals surface area contributed by atoms with Crippen molar-refractivity contribution in [1.82, 2.24) is 4.31 Å². The Kier molecular flexibility index (Phi) is 3.92. The Morgan fingerprint density at radius 3 is 2.57 bits per heavy atom. The SMILES string of the molecule is CC1CCC(C)N(S(=O)(=O)CCN)C1. The molecular weight excluding hydrogens is 200 g/mol. The zero-order valence-corrected chi connectivity index (χ0v) is 9.76. The highest BCUT2D eigenvalue weighted by atomic mass is 32.2. The first-order valence-corrected chi connectivity index (χ1v) is 6.78. The maximum atomic E-state index is 11.8. The fourth-order valence-electron chi connectivity index (χ4n) is 1.90. The van der Waals surface area contributed by atoms with E-state index >= 15 is 0 Å². The molecule has 0 bridgehead atoms. The van der Waals surface area contributed by atoms with E-state index in [-0.39, 0.29) is 18.3 Å². The van der Waals surface area contributed by atoms with Gasteiger partial charge in [-0.25, -0.2) is 8.42 Å². The van der Waals surface area contributed by atoms with Gasteiger partial charge in [0.1, 0.15) is 0 Å². The summed E-state index contributed by atoms with van der Waals surface area (Å²) in [7, 11) is -3.11. The van der Waals surface area contributed by atoms with E-state index in [0.717, 1.165) is 12.8 Å². The molecule has 4 nitrogen and oxygen atoms in total. The Labute approximate surface area is 86.5 Å². The molecule has 1 aliphatic heterocycles. The summed E-state index contributed by atoms with van der Waals surface area (Å²) in [5.41, 5.74) is 5.30. The van der Waals surface area contributed by atoms with Crippen molar-refractivity contribution in [3.05, 3.63) is 0 Å². The molecule has 0 saturated carbocycles. The molecule has 14 heavy (non-hydrogen) atoms. The van der Waals surface area contributed by atoms with Gasteiger partial charge >= 0.3 is 0 Å². The van der Waals surface area contributed by atoms with Gasteiger partial charge in [-0.3, -0.25) is 0 Å². The largest absolute Gasteiger partial charge is 0.329 e. The summed E-state index contributed by atoms with van der Waals surface area (Å²) >= 11 is 0. The molecule has 0 aromatic heterocycles. The Morgan fingerprint density at radius 2 is 2.00 bits per heavy atom. The molecule has 0 aromatic carbocycles. The van der Waals surface area contributed by atoms with Crippen LogP contribution in [0, 0.1) is 5.92 Å². The maximum Gasteiger partial charge on any atom is 0.215 e. The van der Waals surface area contributed by atoms with E-state index in [0.29, 0.717) is 12.5 Å². The number of hydrogen-bond acceptors (Lipinski definition) is 3. The van der Waals surface area contributed by atoms with E-state index in [1.165, 1.54) is 0 Å². The minimum Gasteiger partial charge on any atom is -0.329 e. The van der Waals surface area contributed by atoms with Crippen LogP contribution in [0.15, 0.2) is 0 Å². The van der Waals surface area contributed by atoms with Crippen molar-refractivity contribution >= 4 is 10.0 Å². The van der Waals surface area contributed by atoms with Crippen LogP contribution in [0.2, 0.25) is 0 Å². The molecular formula is C9H20N2O2S. The molecule has 2 unspecified atom stereocenters. The average molecular weight is 220 g/mol. The van der Waals surface area contributed by atoms with Crippen molar-refractivity contribution in [3.8, 4) is 0 Å². The van der Waals surface area contributed by atoms with Crippen LogP contribution in [-0.4, -0.2) is 37.6 Å². The third kappa shape index (κ3) is 2.68. The number of hydrogen-bond donors (Lipinski definition) is 1. The molecule has 0 spiro atoms. The van der Waals surface area contributed by atoms with Crippen LogP contribution < -0.4 is 5.73 Å². The minimum absolute atomic E-state index is 0.0735. The van der Waals surface area contributed by atoms with Gasteiger partial charge in [0.25, 0.3) is 0 Å². The molecule has 0 aliphatic carbocycles. The monoisotopic (exact) mass is 220 g/mol. The lowest BCUT2D eigenvalue weighted by Gasteiger charge is -2.35. The third-order valence-electron chi connectivity index (χ3n) is 2.79. The van der Waals surface area contributed by atoms with Crippen molar-refractivity contribution in [2.45, 2.75) is 32.7 Å². The number of nitrogens with zero attached hydrogens (tertiary/aromatic N) is 1. The Morgan fingerprint density at radius 1 is 1.36 bits per heavy atom. The fraction of sp³-hybridized carbons (Fsp3) is 1.00. The second kappa shape index (κ2) is 4.59. The van der Waals surface area contributed by atoms with Gasteiger partial charge < -0.3 is 5.73 Å². The third-order valence-corrected chi connectivity index (χ3v) is 4.77. The van der Waals surface area contributed by atoms with E-state index in [2.05, 4.69) is 6.92 Å². The summed E-state index contributed by atoms with van der Waals surface area (Å²) in [5, 5.41) is 0. The summed E-state index contributed by atoms with van der Waals surface area (Å²) in [6, 6.07) is 0.141. The van der Waals surface area contributed by atoms with Crippen molar-refractivity contribution in [3.63, 3.8) is 0 Å². The highest BCUT2D eigenvalue weighted by Crippen LogP contribution is 2.23. The first kappa shape index (κ1) is 11.9. The summed E-state index contributed by atoms with van der Waals surface area (Å²) in [5.74, 6) is 0.545. The van der Waals surface area contributed by atoms with E-state index in [4.69, 9.17) is 5.73 Å². The molecule has 1 fully saturated rings. The lowest BCUT2D eigenvalue weighted by Crippen LogP contribution is -2.46. The quantitative estimate of drug-likeness (QED) is 0.748. The second-order valence-corrected chi connectivity index (χ2v) is 6.25. The van der Waals surface area contributed by atoms with E-state index < -0.39 is 10.0 Å². The molecule has 0 aromatic rings. The van der Waals surface area contributed by atoms with Gasteiger partial charge in [-0.2, -0.15) is 4.31 Å². The molecule has 1 rings (SSSR count). The Balaban J connectivity index is 2.74. The number of piperidine rings is 1. The van der Waals surface area contributed by atoms with E-state index in [1.54, 1.807) is 4.31 Å². The molecule has 1 aliphatic rings. The summed E-state index contributed by atoms with van der Waals surface area (Å²) in [4.78, 5) is 0. The lowest BCUT2D eigenvalue weighted by atomic mass is 9.97. The Bertz CT molecular complexity index is 277. The average Bonchev–Trinajstić information content (AvgIpc) is 2.09. The van der Waals surface area contributed by atoms with Gasteiger partial charge in [-0.05, 0) is 25.7 Å². The summed E-state index contributed by atoms with van der Waals surface area (Å²) < 4.78 is 25.2. The molecule has 1 saturated heterocycles. The Hall–Kier alpha value is -0.130. The van der Waals surface area contributed by atoms with Crippen LogP contribution in [0.3, 0.4) is 0 Å². The van der Waals surface area contributed by atoms with Crippen LogP contribution in [0.5, 0.6) is 0 Å². The minimum atomic E-state index is -3.11. The molecule has 0 radical (unpaired) electrons. The van der Waals surface area contributed by atoms with Crippen molar-refractivity contribution < 1.29 is 8.42 Å². The van der Waals surface area contributed by atoms with Gasteiger partial charge in [0.2, 0.25) is 10.0 Å². The van der Waals surface area contributed by atoms with Crippen LogP contribution in [-0.2, 0) is 10.0 Å². The number of rotatable bonds is 3. The predicted octanol–water partition coefficient (Wildman–Crippen LogP) is 0.395. The summed E-state index contributed by atoms with van der Waals surface area (Å²) in [6.07, 6.45) is 2.08. The number of sulfonamides is 1. The maximum absolute atomic E-state index is 11.8. The first-order valence-electron chi connectivity index (χ1n) is 5.17. The molecule has 5 heteroatoms. The molecule has 0 amide bonds. The number of nitrogens with two attached hydrogens (primary N) is 1. The van der Waals surface area contributed by atoms with Gasteiger partial charge in [0.15, 0.2) is 0 Å². The highest BCUT2D eigenvalue weighted by Gasteiger charge is 2.31. The normalized spacial score (nSPS) is 30.5. The second-order valence-electron chi connectivity index (χ2n) is 4.21. The van der Waals surface area contributed by atoms with Crippen LogP contribution in [0.1, 0.15) is 26.7 Å². The lowest BCUT2D eigenvalue weighted by molar-refractivity contribution is 0.218. The molecule has 2 N–H and O–H groups in total. The van der Waals surface area contributed by atoms with Gasteiger partial charge in [-0.1, -0.05) is 6.92 Å². The van der Waals surface area contributed by atoms with Gasteiger partial charge in [0.05, 0.1) is 5.75 Å². The zero-order valence-electron chi connectivity index (χ0n) is 8.94. The fourth-order valence-corrected chi connectivity index (χ4v) is 3.57. The van der Waals surface area contributed by atoms with Gasteiger partial charge in [0, 0.05) is 19.1 Å². The van der Waals surface area contributed by atoms with Crippen LogP contribution in [0.4, 0.5) is 0 Å². The summed E-state index contributed by atoms with van der Waals surface area (Å²) in [6.45, 7) is 4.93. The first-order chi connectivity index (χ1) is 6.47. The topological polar surface area (TPSA) is 63.4 Å². The van der Waals surface area contributed by atoms with Crippen molar-refractivity contribution in [2.24, 2.45) is 11.7 Å².